The van der Waals surface area contributed by atoms with Gasteiger partial charge in [0.25, 0.3) is 0 Å². The highest BCUT2D eigenvalue weighted by Gasteiger charge is 2.33. The molecule has 0 aromatic heterocycles. The van der Waals surface area contributed by atoms with Gasteiger partial charge in [-0.25, -0.2) is 4.79 Å². The van der Waals surface area contributed by atoms with Crippen molar-refractivity contribution in [2.45, 2.75) is 76.4 Å². The van der Waals surface area contributed by atoms with E-state index in [4.69, 9.17) is 22.1 Å². The lowest BCUT2D eigenvalue weighted by Crippen LogP contribution is -2.46. The van der Waals surface area contributed by atoms with Crippen LogP contribution in [0.4, 0.5) is 10.5 Å². The highest BCUT2D eigenvalue weighted by molar-refractivity contribution is 6.31. The normalized spacial score (nSPS) is 24.4. The number of halogens is 1. The highest BCUT2D eigenvalue weighted by Crippen LogP contribution is 2.32. The molecule has 1 heterocycles. The molecule has 3 fully saturated rings. The summed E-state index contributed by atoms with van der Waals surface area (Å²) in [6, 6.07) is 5.83. The number of carbonyl (C=O) groups is 2. The monoisotopic (exact) mass is 476 g/mol. The van der Waals surface area contributed by atoms with E-state index < -0.39 is 0 Å². The van der Waals surface area contributed by atoms with Crippen LogP contribution in [0, 0.1) is 5.92 Å². The molecule has 1 aromatic carbocycles. The van der Waals surface area contributed by atoms with Crippen LogP contribution in [0.1, 0.15) is 63.4 Å². The van der Waals surface area contributed by atoms with Gasteiger partial charge in [-0.05, 0) is 62.3 Å². The van der Waals surface area contributed by atoms with Crippen LogP contribution in [0.2, 0.25) is 5.02 Å². The Hall–Kier alpha value is -1.83. The molecule has 1 aromatic rings. The first-order valence-electron chi connectivity index (χ1n) is 12.5. The zero-order valence-electron chi connectivity index (χ0n) is 19.4. The quantitative estimate of drug-likeness (QED) is 0.660. The number of rotatable bonds is 5. The Bertz CT molecular complexity index is 816. The van der Waals surface area contributed by atoms with Crippen LogP contribution < -0.4 is 11.1 Å². The fraction of sp³-hybridized carbons (Fsp3) is 0.680. The van der Waals surface area contributed by atoms with E-state index in [1.165, 1.54) is 6.42 Å². The molecule has 0 spiro atoms. The average molecular weight is 477 g/mol. The van der Waals surface area contributed by atoms with Gasteiger partial charge in [-0.1, -0.05) is 30.9 Å². The largest absolute Gasteiger partial charge is 0.378 e. The van der Waals surface area contributed by atoms with Crippen LogP contribution in [0.5, 0.6) is 0 Å². The molecule has 4 rings (SSSR count). The molecule has 0 radical (unpaired) electrons. The minimum atomic E-state index is -0.136. The van der Waals surface area contributed by atoms with Crippen molar-refractivity contribution in [2.24, 2.45) is 11.7 Å². The van der Waals surface area contributed by atoms with Crippen LogP contribution in [-0.4, -0.2) is 60.1 Å². The van der Waals surface area contributed by atoms with E-state index >= 15 is 0 Å². The second kappa shape index (κ2) is 11.5. The topological polar surface area (TPSA) is 87.9 Å². The fourth-order valence-corrected chi connectivity index (χ4v) is 5.49. The smallest absolute Gasteiger partial charge is 0.321 e. The van der Waals surface area contributed by atoms with E-state index in [9.17, 15) is 9.59 Å². The number of benzene rings is 1. The van der Waals surface area contributed by atoms with Crippen molar-refractivity contribution in [3.8, 4) is 0 Å². The molecule has 2 aliphatic carbocycles. The van der Waals surface area contributed by atoms with E-state index in [0.29, 0.717) is 43.6 Å². The molecule has 182 valence electrons. The standard InChI is InChI=1S/C25H37ClN4O3/c26-23-11-8-21(28-25(32)29-12-14-33-15-13-29)16-19(23)17-30(22-9-6-20(27)7-10-22)24(31)18-4-2-1-3-5-18/h8,11,16,18,20,22H,1-7,9-10,12-15,17,27H2,(H,28,32). The lowest BCUT2D eigenvalue weighted by Gasteiger charge is -2.39. The third-order valence-corrected chi connectivity index (χ3v) is 7.72. The first kappa shape index (κ1) is 24.3. The van der Waals surface area contributed by atoms with Gasteiger partial charge in [0.05, 0.1) is 13.2 Å². The number of hydrogen-bond acceptors (Lipinski definition) is 4. The molecule has 0 unspecified atom stereocenters. The molecule has 1 aliphatic heterocycles. The summed E-state index contributed by atoms with van der Waals surface area (Å²) >= 11 is 6.58. The van der Waals surface area contributed by atoms with E-state index in [0.717, 1.165) is 56.9 Å². The average Bonchev–Trinajstić information content (AvgIpc) is 2.85. The molecular weight excluding hydrogens is 440 g/mol. The maximum atomic E-state index is 13.6. The summed E-state index contributed by atoms with van der Waals surface area (Å²) in [7, 11) is 0. The van der Waals surface area contributed by atoms with Crippen LogP contribution >= 0.6 is 11.6 Å². The summed E-state index contributed by atoms with van der Waals surface area (Å²) in [6.45, 7) is 2.75. The number of ether oxygens (including phenoxy) is 1. The van der Waals surface area contributed by atoms with Crippen molar-refractivity contribution in [1.29, 1.82) is 0 Å². The van der Waals surface area contributed by atoms with Crippen molar-refractivity contribution < 1.29 is 14.3 Å². The predicted octanol–water partition coefficient (Wildman–Crippen LogP) is 4.38. The number of nitrogens with two attached hydrogens (primary N) is 1. The van der Waals surface area contributed by atoms with Crippen LogP contribution in [-0.2, 0) is 16.1 Å². The van der Waals surface area contributed by atoms with Crippen LogP contribution in [0.15, 0.2) is 18.2 Å². The number of hydrogen-bond donors (Lipinski definition) is 2. The van der Waals surface area contributed by atoms with Gasteiger partial charge in [0.1, 0.15) is 0 Å². The van der Waals surface area contributed by atoms with Gasteiger partial charge in [0, 0.05) is 48.3 Å². The Morgan fingerprint density at radius 2 is 1.76 bits per heavy atom. The third kappa shape index (κ3) is 6.40. The SMILES string of the molecule is NC1CCC(N(Cc2cc(NC(=O)N3CCOCC3)ccc2Cl)C(=O)C2CCCCC2)CC1. The van der Waals surface area contributed by atoms with Crippen molar-refractivity contribution in [1.82, 2.24) is 9.80 Å². The maximum absolute atomic E-state index is 13.6. The number of morpholine rings is 1. The summed E-state index contributed by atoms with van der Waals surface area (Å²) in [4.78, 5) is 30.1. The molecule has 7 nitrogen and oxygen atoms in total. The van der Waals surface area contributed by atoms with Gasteiger partial charge < -0.3 is 25.6 Å². The van der Waals surface area contributed by atoms with Gasteiger partial charge in [-0.3, -0.25) is 4.79 Å². The molecule has 0 atom stereocenters. The summed E-state index contributed by atoms with van der Waals surface area (Å²) in [5, 5.41) is 3.60. The lowest BCUT2D eigenvalue weighted by molar-refractivity contribution is -0.140. The Balaban J connectivity index is 1.50. The van der Waals surface area contributed by atoms with E-state index in [1.54, 1.807) is 4.90 Å². The van der Waals surface area contributed by atoms with E-state index in [2.05, 4.69) is 10.2 Å². The Morgan fingerprint density at radius 3 is 2.45 bits per heavy atom. The van der Waals surface area contributed by atoms with Crippen LogP contribution in [0.25, 0.3) is 0 Å². The summed E-state index contributed by atoms with van der Waals surface area (Å²) in [5.74, 6) is 0.367. The molecule has 3 aliphatic rings. The van der Waals surface area contributed by atoms with Crippen molar-refractivity contribution in [3.05, 3.63) is 28.8 Å². The first-order chi connectivity index (χ1) is 16.0. The first-order valence-corrected chi connectivity index (χ1v) is 12.9. The fourth-order valence-electron chi connectivity index (χ4n) is 5.31. The van der Waals surface area contributed by atoms with Gasteiger partial charge in [-0.2, -0.15) is 0 Å². The predicted molar refractivity (Wildman–Crippen MR) is 130 cm³/mol. The Kier molecular flexibility index (Phi) is 8.50. The third-order valence-electron chi connectivity index (χ3n) is 7.36. The zero-order chi connectivity index (χ0) is 23.2. The second-order valence-corrected chi connectivity index (χ2v) is 10.1. The number of amides is 3. The Labute approximate surface area is 201 Å². The minimum Gasteiger partial charge on any atom is -0.378 e. The van der Waals surface area contributed by atoms with Gasteiger partial charge in [-0.15, -0.1) is 0 Å². The number of carbonyl (C=O) groups excluding carboxylic acids is 2. The molecule has 8 heteroatoms. The molecular formula is C25H37ClN4O3. The molecule has 0 bridgehead atoms. The van der Waals surface area contributed by atoms with Crippen molar-refractivity contribution >= 4 is 29.2 Å². The van der Waals surface area contributed by atoms with Gasteiger partial charge >= 0.3 is 6.03 Å². The molecule has 1 saturated heterocycles. The lowest BCUT2D eigenvalue weighted by atomic mass is 9.85. The number of anilines is 1. The number of nitrogens with one attached hydrogen (secondary N) is 1. The van der Waals surface area contributed by atoms with Gasteiger partial charge in [0.15, 0.2) is 0 Å². The Morgan fingerprint density at radius 1 is 1.06 bits per heavy atom. The molecule has 2 saturated carbocycles. The number of nitrogens with zero attached hydrogens (tertiary/aromatic N) is 2. The summed E-state index contributed by atoms with van der Waals surface area (Å²) in [6.07, 6.45) is 9.20. The van der Waals surface area contributed by atoms with E-state index in [1.807, 2.05) is 18.2 Å². The zero-order valence-corrected chi connectivity index (χ0v) is 20.2. The number of urea groups is 1. The van der Waals surface area contributed by atoms with E-state index in [-0.39, 0.29) is 29.9 Å². The summed E-state index contributed by atoms with van der Waals surface area (Å²) in [5.41, 5.74) is 7.71. The maximum Gasteiger partial charge on any atom is 0.321 e. The second-order valence-electron chi connectivity index (χ2n) is 9.71. The minimum absolute atomic E-state index is 0.109. The van der Waals surface area contributed by atoms with Gasteiger partial charge in [0.2, 0.25) is 5.91 Å². The van der Waals surface area contributed by atoms with Crippen LogP contribution in [0.3, 0.4) is 0 Å². The molecule has 3 amide bonds. The molecule has 3 N–H and O–H groups in total. The molecule has 33 heavy (non-hydrogen) atoms. The van der Waals surface area contributed by atoms with Crippen molar-refractivity contribution in [2.75, 3.05) is 31.6 Å². The highest BCUT2D eigenvalue weighted by atomic mass is 35.5. The van der Waals surface area contributed by atoms with Crippen molar-refractivity contribution in [3.63, 3.8) is 0 Å². The summed E-state index contributed by atoms with van der Waals surface area (Å²) < 4.78 is 5.33.